The number of benzene rings is 2. The highest BCUT2D eigenvalue weighted by Crippen LogP contribution is 2.27. The van der Waals surface area contributed by atoms with E-state index in [0.29, 0.717) is 12.5 Å². The van der Waals surface area contributed by atoms with E-state index in [1.165, 1.54) is 23.1 Å². The van der Waals surface area contributed by atoms with E-state index >= 15 is 0 Å². The third-order valence-electron chi connectivity index (χ3n) is 5.77. The fourth-order valence-electron chi connectivity index (χ4n) is 4.14. The summed E-state index contributed by atoms with van der Waals surface area (Å²) in [5, 5.41) is 3.49. The van der Waals surface area contributed by atoms with Crippen LogP contribution >= 0.6 is 24.0 Å². The zero-order valence-corrected chi connectivity index (χ0v) is 20.7. The van der Waals surface area contributed by atoms with Gasteiger partial charge in [-0.2, -0.15) is 0 Å². The number of guanidine groups is 1. The molecule has 5 nitrogen and oxygen atoms in total. The minimum absolute atomic E-state index is 0. The average Bonchev–Trinajstić information content (AvgIpc) is 3.42. The molecule has 0 amide bonds. The highest BCUT2D eigenvalue weighted by molar-refractivity contribution is 14.0. The molecule has 0 bridgehead atoms. The van der Waals surface area contributed by atoms with Crippen molar-refractivity contribution >= 4 is 29.9 Å². The molecule has 0 spiro atoms. The molecule has 31 heavy (non-hydrogen) atoms. The van der Waals surface area contributed by atoms with Crippen LogP contribution in [0.15, 0.2) is 72.0 Å². The minimum atomic E-state index is 0. The van der Waals surface area contributed by atoms with Gasteiger partial charge in [-0.25, -0.2) is 9.98 Å². The van der Waals surface area contributed by atoms with Crippen molar-refractivity contribution < 1.29 is 0 Å². The van der Waals surface area contributed by atoms with Gasteiger partial charge in [-0.3, -0.25) is 0 Å². The van der Waals surface area contributed by atoms with Gasteiger partial charge in [0.1, 0.15) is 5.82 Å². The summed E-state index contributed by atoms with van der Waals surface area (Å²) in [6.07, 6.45) is 5.05. The van der Waals surface area contributed by atoms with Gasteiger partial charge in [0.2, 0.25) is 0 Å². The quantitative estimate of drug-likeness (QED) is 0.283. The molecular weight excluding hydrogens is 497 g/mol. The van der Waals surface area contributed by atoms with Gasteiger partial charge >= 0.3 is 0 Å². The molecule has 1 aromatic heterocycles. The van der Waals surface area contributed by atoms with E-state index < -0.39 is 0 Å². The number of nitrogens with one attached hydrogen (secondary N) is 1. The third-order valence-corrected chi connectivity index (χ3v) is 5.77. The molecule has 0 radical (unpaired) electrons. The van der Waals surface area contributed by atoms with E-state index in [-0.39, 0.29) is 24.0 Å². The van der Waals surface area contributed by atoms with Crippen LogP contribution in [0.3, 0.4) is 0 Å². The number of aromatic nitrogens is 2. The van der Waals surface area contributed by atoms with Gasteiger partial charge in [-0.05, 0) is 37.0 Å². The number of aryl methyl sites for hydroxylation is 1. The molecule has 1 aliphatic heterocycles. The fraction of sp³-hybridized carbons (Fsp3) is 0.360. The summed E-state index contributed by atoms with van der Waals surface area (Å²) in [7, 11) is 0. The van der Waals surface area contributed by atoms with Crippen molar-refractivity contribution in [2.24, 2.45) is 4.99 Å². The van der Waals surface area contributed by atoms with Crippen molar-refractivity contribution in [3.05, 3.63) is 89.5 Å². The first-order valence-corrected chi connectivity index (χ1v) is 10.9. The molecule has 1 aliphatic rings. The van der Waals surface area contributed by atoms with Crippen LogP contribution in [0.5, 0.6) is 0 Å². The number of imidazole rings is 1. The summed E-state index contributed by atoms with van der Waals surface area (Å²) in [4.78, 5) is 11.7. The molecule has 1 N–H and O–H groups in total. The zero-order chi connectivity index (χ0) is 20.8. The summed E-state index contributed by atoms with van der Waals surface area (Å²) in [6.45, 7) is 8.65. The molecule has 4 rings (SSSR count). The lowest BCUT2D eigenvalue weighted by Gasteiger charge is -2.22. The maximum absolute atomic E-state index is 4.96. The number of nitrogens with zero attached hydrogens (tertiary/aromatic N) is 4. The Morgan fingerprint density at radius 1 is 1.13 bits per heavy atom. The van der Waals surface area contributed by atoms with Crippen LogP contribution in [-0.4, -0.2) is 40.0 Å². The Kier molecular flexibility index (Phi) is 8.51. The molecule has 1 saturated heterocycles. The summed E-state index contributed by atoms with van der Waals surface area (Å²) in [6, 6.07) is 19.5. The number of halogens is 1. The Morgan fingerprint density at radius 2 is 1.94 bits per heavy atom. The van der Waals surface area contributed by atoms with E-state index in [0.717, 1.165) is 38.0 Å². The number of aliphatic imine (C=N–C) groups is 1. The first kappa shape index (κ1) is 23.3. The predicted molar refractivity (Wildman–Crippen MR) is 138 cm³/mol. The van der Waals surface area contributed by atoms with Gasteiger partial charge in [-0.1, -0.05) is 54.6 Å². The van der Waals surface area contributed by atoms with E-state index in [2.05, 4.69) is 81.3 Å². The van der Waals surface area contributed by atoms with Gasteiger partial charge in [0.15, 0.2) is 5.96 Å². The van der Waals surface area contributed by atoms with Crippen LogP contribution in [0.1, 0.15) is 41.8 Å². The Labute approximate surface area is 202 Å². The second kappa shape index (κ2) is 11.3. The second-order valence-electron chi connectivity index (χ2n) is 7.93. The zero-order valence-electron chi connectivity index (χ0n) is 18.4. The van der Waals surface area contributed by atoms with E-state index in [9.17, 15) is 0 Å². The Hall–Kier alpha value is -2.35. The number of hydrogen-bond donors (Lipinski definition) is 1. The lowest BCUT2D eigenvalue weighted by Crippen LogP contribution is -2.40. The number of likely N-dealkylation sites (tertiary alicyclic amines) is 1. The maximum atomic E-state index is 4.96. The maximum Gasteiger partial charge on any atom is 0.194 e. The van der Waals surface area contributed by atoms with E-state index in [4.69, 9.17) is 4.99 Å². The van der Waals surface area contributed by atoms with Gasteiger partial charge in [0.25, 0.3) is 0 Å². The van der Waals surface area contributed by atoms with Crippen LogP contribution < -0.4 is 5.32 Å². The lowest BCUT2D eigenvalue weighted by atomic mass is 9.99. The van der Waals surface area contributed by atoms with Crippen LogP contribution in [0.25, 0.3) is 0 Å². The van der Waals surface area contributed by atoms with E-state index in [1.54, 1.807) is 0 Å². The molecule has 1 unspecified atom stereocenters. The van der Waals surface area contributed by atoms with Crippen molar-refractivity contribution in [3.8, 4) is 0 Å². The minimum Gasteiger partial charge on any atom is -0.357 e. The van der Waals surface area contributed by atoms with Crippen LogP contribution in [0.4, 0.5) is 0 Å². The summed E-state index contributed by atoms with van der Waals surface area (Å²) >= 11 is 0. The lowest BCUT2D eigenvalue weighted by molar-refractivity contribution is 0.486. The smallest absolute Gasteiger partial charge is 0.194 e. The third kappa shape index (κ3) is 6.09. The largest absolute Gasteiger partial charge is 0.357 e. The Morgan fingerprint density at radius 3 is 2.68 bits per heavy atom. The first-order chi connectivity index (χ1) is 14.7. The summed E-state index contributed by atoms with van der Waals surface area (Å²) in [5.41, 5.74) is 3.94. The highest BCUT2D eigenvalue weighted by Gasteiger charge is 2.25. The van der Waals surface area contributed by atoms with E-state index in [1.807, 2.05) is 19.3 Å². The van der Waals surface area contributed by atoms with Crippen molar-refractivity contribution in [2.75, 3.05) is 19.6 Å². The highest BCUT2D eigenvalue weighted by atomic mass is 127. The Bertz CT molecular complexity index is 982. The fourth-order valence-corrected chi connectivity index (χ4v) is 4.14. The number of rotatable bonds is 6. The van der Waals surface area contributed by atoms with Gasteiger partial charge in [0.05, 0.1) is 6.54 Å². The molecule has 164 valence electrons. The Balaban J connectivity index is 0.00000272. The molecule has 2 heterocycles. The van der Waals surface area contributed by atoms with Crippen LogP contribution in [0.2, 0.25) is 0 Å². The normalized spacial score (nSPS) is 16.3. The molecular formula is C25H32IN5. The van der Waals surface area contributed by atoms with Crippen molar-refractivity contribution in [3.63, 3.8) is 0 Å². The van der Waals surface area contributed by atoms with Crippen molar-refractivity contribution in [1.29, 1.82) is 0 Å². The molecule has 1 atom stereocenters. The molecule has 2 aromatic carbocycles. The first-order valence-electron chi connectivity index (χ1n) is 10.9. The van der Waals surface area contributed by atoms with Crippen LogP contribution in [0, 0.1) is 6.92 Å². The number of hydrogen-bond acceptors (Lipinski definition) is 2. The van der Waals surface area contributed by atoms with Gasteiger partial charge < -0.3 is 14.8 Å². The monoisotopic (exact) mass is 529 g/mol. The summed E-state index contributed by atoms with van der Waals surface area (Å²) < 4.78 is 2.17. The standard InChI is InChI=1S/C25H31N5.HI/c1-3-26-25(30-14-12-24(19-30)23-10-5-4-6-11-23)28-17-21-8-7-9-22(16-21)18-29-15-13-27-20(29)2;/h4-11,13,15-16,24H,3,12,14,17-19H2,1-2H3,(H,26,28);1H. The summed E-state index contributed by atoms with van der Waals surface area (Å²) in [5.74, 6) is 2.64. The SMILES string of the molecule is CCNC(=NCc1cccc(Cn2ccnc2C)c1)N1CCC(c2ccccc2)C1.I. The van der Waals surface area contributed by atoms with Gasteiger partial charge in [-0.15, -0.1) is 24.0 Å². The molecule has 0 saturated carbocycles. The topological polar surface area (TPSA) is 45.5 Å². The average molecular weight is 529 g/mol. The van der Waals surface area contributed by atoms with Crippen LogP contribution in [-0.2, 0) is 13.1 Å². The predicted octanol–water partition coefficient (Wildman–Crippen LogP) is 4.81. The van der Waals surface area contributed by atoms with Crippen molar-refractivity contribution in [1.82, 2.24) is 19.8 Å². The molecule has 6 heteroatoms. The molecule has 3 aromatic rings. The molecule has 1 fully saturated rings. The second-order valence-corrected chi connectivity index (χ2v) is 7.93. The van der Waals surface area contributed by atoms with Gasteiger partial charge in [0, 0.05) is 44.5 Å². The van der Waals surface area contributed by atoms with Crippen molar-refractivity contribution in [2.45, 2.75) is 39.3 Å². The molecule has 0 aliphatic carbocycles.